The molecular weight excluding hydrogens is 245 g/mol. The number of hydrogen-bond donors (Lipinski definition) is 2. The zero-order valence-electron chi connectivity index (χ0n) is 11.3. The minimum absolute atomic E-state index is 0.108. The summed E-state index contributed by atoms with van der Waals surface area (Å²) in [6.07, 6.45) is 1.77. The average molecular weight is 267 g/mol. The molecule has 106 valence electrons. The molecule has 1 aliphatic rings. The molecule has 1 aliphatic carbocycles. The fourth-order valence-corrected chi connectivity index (χ4v) is 2.58. The molecule has 0 saturated heterocycles. The highest BCUT2D eigenvalue weighted by molar-refractivity contribution is 5.18. The van der Waals surface area contributed by atoms with Gasteiger partial charge in [-0.2, -0.15) is 0 Å². The maximum Gasteiger partial charge on any atom is 0.123 e. The first-order valence-corrected chi connectivity index (χ1v) is 6.84. The molecular formula is C15H22FNO2. The number of hydrogen-bond acceptors (Lipinski definition) is 3. The largest absolute Gasteiger partial charge is 0.393 e. The van der Waals surface area contributed by atoms with Crippen molar-refractivity contribution in [1.82, 2.24) is 4.90 Å². The highest BCUT2D eigenvalue weighted by Gasteiger charge is 2.27. The van der Waals surface area contributed by atoms with Crippen LogP contribution in [0.25, 0.3) is 0 Å². The number of nitrogens with zero attached hydrogens (tertiary/aromatic N) is 1. The molecule has 1 atom stereocenters. The van der Waals surface area contributed by atoms with Gasteiger partial charge in [-0.15, -0.1) is 0 Å². The highest BCUT2D eigenvalue weighted by atomic mass is 19.1. The Balaban J connectivity index is 1.70. The first-order valence-electron chi connectivity index (χ1n) is 6.84. The Labute approximate surface area is 113 Å². The molecule has 0 spiro atoms. The molecule has 1 unspecified atom stereocenters. The van der Waals surface area contributed by atoms with Crippen molar-refractivity contribution in [3.63, 3.8) is 0 Å². The molecule has 0 aliphatic heterocycles. The van der Waals surface area contributed by atoms with Gasteiger partial charge in [0.05, 0.1) is 12.2 Å². The van der Waals surface area contributed by atoms with Gasteiger partial charge in [-0.1, -0.05) is 12.1 Å². The van der Waals surface area contributed by atoms with Gasteiger partial charge in [0.15, 0.2) is 0 Å². The van der Waals surface area contributed by atoms with Crippen LogP contribution < -0.4 is 0 Å². The number of aliphatic hydroxyl groups excluding tert-OH is 2. The summed E-state index contributed by atoms with van der Waals surface area (Å²) < 4.78 is 12.8. The minimum atomic E-state index is -0.546. The summed E-state index contributed by atoms with van der Waals surface area (Å²) in [5, 5.41) is 19.2. The monoisotopic (exact) mass is 267 g/mol. The average Bonchev–Trinajstić information content (AvgIpc) is 2.35. The smallest absolute Gasteiger partial charge is 0.123 e. The minimum Gasteiger partial charge on any atom is -0.393 e. The first-order chi connectivity index (χ1) is 9.04. The van der Waals surface area contributed by atoms with Crippen molar-refractivity contribution in [2.45, 2.75) is 31.5 Å². The maximum atomic E-state index is 12.8. The lowest BCUT2D eigenvalue weighted by atomic mass is 9.82. The molecule has 0 radical (unpaired) electrons. The normalized spacial score (nSPS) is 24.3. The van der Waals surface area contributed by atoms with Crippen molar-refractivity contribution >= 4 is 0 Å². The molecule has 0 heterocycles. The summed E-state index contributed by atoms with van der Waals surface area (Å²) >= 11 is 0. The second-order valence-electron chi connectivity index (χ2n) is 5.61. The van der Waals surface area contributed by atoms with Gasteiger partial charge < -0.3 is 15.1 Å². The van der Waals surface area contributed by atoms with E-state index in [9.17, 15) is 14.6 Å². The number of halogens is 1. The molecule has 1 aromatic rings. The van der Waals surface area contributed by atoms with E-state index in [-0.39, 0.29) is 11.9 Å². The molecule has 1 fully saturated rings. The lowest BCUT2D eigenvalue weighted by Gasteiger charge is -2.34. The van der Waals surface area contributed by atoms with Crippen molar-refractivity contribution in [2.75, 3.05) is 20.1 Å². The third-order valence-electron chi connectivity index (χ3n) is 3.82. The molecule has 2 N–H and O–H groups in total. The van der Waals surface area contributed by atoms with Crippen LogP contribution in [0.1, 0.15) is 30.9 Å². The van der Waals surface area contributed by atoms with Crippen LogP contribution in [0.5, 0.6) is 0 Å². The van der Waals surface area contributed by atoms with Gasteiger partial charge in [0.2, 0.25) is 0 Å². The number of rotatable bonds is 6. The molecule has 1 saturated carbocycles. The van der Waals surface area contributed by atoms with E-state index in [1.807, 2.05) is 7.05 Å². The number of benzene rings is 1. The third kappa shape index (κ3) is 4.27. The van der Waals surface area contributed by atoms with Crippen molar-refractivity contribution < 1.29 is 14.6 Å². The number of aliphatic hydroxyl groups is 2. The summed E-state index contributed by atoms with van der Waals surface area (Å²) in [7, 11) is 2.03. The molecule has 3 nitrogen and oxygen atoms in total. The Bertz CT molecular complexity index is 390. The molecule has 1 aromatic carbocycles. The molecule has 19 heavy (non-hydrogen) atoms. The van der Waals surface area contributed by atoms with E-state index in [1.165, 1.54) is 12.1 Å². The Morgan fingerprint density at radius 2 is 1.95 bits per heavy atom. The van der Waals surface area contributed by atoms with Crippen LogP contribution in [0.4, 0.5) is 4.39 Å². The van der Waals surface area contributed by atoms with Crippen molar-refractivity contribution in [2.24, 2.45) is 5.92 Å². The SMILES string of the molecule is CN(CCC(O)c1ccc(F)cc1)CC1CC(O)C1. The third-order valence-corrected chi connectivity index (χ3v) is 3.82. The van der Waals surface area contributed by atoms with Gasteiger partial charge in [-0.05, 0) is 49.9 Å². The Hall–Kier alpha value is -0.970. The Morgan fingerprint density at radius 1 is 1.32 bits per heavy atom. The molecule has 2 rings (SSSR count). The summed E-state index contributed by atoms with van der Waals surface area (Å²) in [6.45, 7) is 1.76. The molecule has 4 heteroatoms. The predicted molar refractivity (Wildman–Crippen MR) is 72.2 cm³/mol. The van der Waals surface area contributed by atoms with Crippen LogP contribution in [0.2, 0.25) is 0 Å². The van der Waals surface area contributed by atoms with E-state index in [0.717, 1.165) is 31.5 Å². The quantitative estimate of drug-likeness (QED) is 0.828. The van der Waals surface area contributed by atoms with Crippen LogP contribution in [0.3, 0.4) is 0 Å². The Kier molecular flexibility index (Phi) is 4.91. The van der Waals surface area contributed by atoms with Crippen molar-refractivity contribution in [1.29, 1.82) is 0 Å². The van der Waals surface area contributed by atoms with Gasteiger partial charge >= 0.3 is 0 Å². The van der Waals surface area contributed by atoms with Crippen LogP contribution >= 0.6 is 0 Å². The fraction of sp³-hybridized carbons (Fsp3) is 0.600. The summed E-state index contributed by atoms with van der Waals surface area (Å²) in [4.78, 5) is 2.18. The van der Waals surface area contributed by atoms with Crippen LogP contribution in [-0.2, 0) is 0 Å². The van der Waals surface area contributed by atoms with Crippen LogP contribution in [0, 0.1) is 11.7 Å². The first kappa shape index (κ1) is 14.4. The maximum absolute atomic E-state index is 12.8. The zero-order chi connectivity index (χ0) is 13.8. The van der Waals surface area contributed by atoms with Crippen molar-refractivity contribution in [3.05, 3.63) is 35.6 Å². The van der Waals surface area contributed by atoms with E-state index in [1.54, 1.807) is 12.1 Å². The van der Waals surface area contributed by atoms with Gasteiger partial charge in [0.1, 0.15) is 5.82 Å². The summed E-state index contributed by atoms with van der Waals surface area (Å²) in [5.41, 5.74) is 0.758. The van der Waals surface area contributed by atoms with Crippen molar-refractivity contribution in [3.8, 4) is 0 Å². The summed E-state index contributed by atoms with van der Waals surface area (Å²) in [6, 6.07) is 6.00. The van der Waals surface area contributed by atoms with Gasteiger partial charge in [0.25, 0.3) is 0 Å². The topological polar surface area (TPSA) is 43.7 Å². The van der Waals surface area contributed by atoms with E-state index in [2.05, 4.69) is 4.90 Å². The molecule has 0 aromatic heterocycles. The lowest BCUT2D eigenvalue weighted by molar-refractivity contribution is 0.0262. The van der Waals surface area contributed by atoms with Crippen LogP contribution in [0.15, 0.2) is 24.3 Å². The highest BCUT2D eigenvalue weighted by Crippen LogP contribution is 2.27. The van der Waals surface area contributed by atoms with E-state index >= 15 is 0 Å². The second-order valence-corrected chi connectivity index (χ2v) is 5.61. The lowest BCUT2D eigenvalue weighted by Crippen LogP contribution is -2.37. The fourth-order valence-electron chi connectivity index (χ4n) is 2.58. The Morgan fingerprint density at radius 3 is 2.53 bits per heavy atom. The second kappa shape index (κ2) is 6.46. The standard InChI is InChI=1S/C15H22FNO2/c1-17(10-11-8-14(18)9-11)7-6-15(19)12-2-4-13(16)5-3-12/h2-5,11,14-15,18-19H,6-10H2,1H3. The molecule has 0 amide bonds. The van der Waals surface area contributed by atoms with Gasteiger partial charge in [0, 0.05) is 13.1 Å². The van der Waals surface area contributed by atoms with E-state index < -0.39 is 6.10 Å². The van der Waals surface area contributed by atoms with E-state index in [0.29, 0.717) is 12.3 Å². The molecule has 0 bridgehead atoms. The van der Waals surface area contributed by atoms with E-state index in [4.69, 9.17) is 0 Å². The zero-order valence-corrected chi connectivity index (χ0v) is 11.3. The van der Waals surface area contributed by atoms with Gasteiger partial charge in [-0.25, -0.2) is 4.39 Å². The van der Waals surface area contributed by atoms with Gasteiger partial charge in [-0.3, -0.25) is 0 Å². The predicted octanol–water partition coefficient (Wildman–Crippen LogP) is 1.95. The van der Waals surface area contributed by atoms with Crippen LogP contribution in [-0.4, -0.2) is 41.4 Å². The summed E-state index contributed by atoms with van der Waals surface area (Å²) in [5.74, 6) is 0.305.